The van der Waals surface area contributed by atoms with E-state index < -0.39 is 0 Å². The lowest BCUT2D eigenvalue weighted by molar-refractivity contribution is 0.0824. The number of aliphatic hydroxyl groups is 1. The number of aliphatic hydroxyl groups excluding tert-OH is 1. The zero-order valence-corrected chi connectivity index (χ0v) is 20.2. The fourth-order valence-corrected chi connectivity index (χ4v) is 3.87. The van der Waals surface area contributed by atoms with E-state index in [2.05, 4.69) is 27.4 Å². The van der Waals surface area contributed by atoms with Crippen molar-refractivity contribution in [3.05, 3.63) is 0 Å². The molecule has 3 N–H and O–H groups in total. The molecule has 0 unspecified atom stereocenters. The number of guanidine groups is 1. The number of hydrogen-bond acceptors (Lipinski definition) is 5. The number of nitrogens with one attached hydrogen (secondary N) is 2. The minimum Gasteiger partial charge on any atom is -0.393 e. The minimum absolute atomic E-state index is 0. The van der Waals surface area contributed by atoms with Gasteiger partial charge in [0.2, 0.25) is 0 Å². The van der Waals surface area contributed by atoms with Gasteiger partial charge in [-0.05, 0) is 52.0 Å². The molecule has 2 heterocycles. The van der Waals surface area contributed by atoms with Gasteiger partial charge in [-0.25, -0.2) is 0 Å². The van der Waals surface area contributed by atoms with Crippen LogP contribution in [0.3, 0.4) is 0 Å². The Kier molecular flexibility index (Phi) is 14.5. The molecule has 2 saturated heterocycles. The van der Waals surface area contributed by atoms with Crippen molar-refractivity contribution in [2.24, 2.45) is 4.99 Å². The normalized spacial score (nSPS) is 20.8. The molecule has 0 aromatic heterocycles. The van der Waals surface area contributed by atoms with Crippen molar-refractivity contribution in [1.82, 2.24) is 20.4 Å². The zero-order chi connectivity index (χ0) is 19.3. The van der Waals surface area contributed by atoms with Gasteiger partial charge in [0.05, 0.1) is 6.10 Å². The molecule has 0 aromatic rings. The van der Waals surface area contributed by atoms with E-state index in [4.69, 9.17) is 9.73 Å². The second kappa shape index (κ2) is 15.6. The molecule has 166 valence electrons. The number of halogens is 1. The van der Waals surface area contributed by atoms with Gasteiger partial charge in [0, 0.05) is 65.6 Å². The molecule has 2 fully saturated rings. The van der Waals surface area contributed by atoms with Gasteiger partial charge in [-0.15, -0.1) is 24.0 Å². The van der Waals surface area contributed by atoms with E-state index in [9.17, 15) is 5.11 Å². The van der Waals surface area contributed by atoms with E-state index in [1.165, 1.54) is 12.8 Å². The van der Waals surface area contributed by atoms with Gasteiger partial charge < -0.3 is 30.3 Å². The molecule has 28 heavy (non-hydrogen) atoms. The Morgan fingerprint density at radius 3 is 2.25 bits per heavy atom. The fraction of sp³-hybridized carbons (Fsp3) is 0.950. The van der Waals surface area contributed by atoms with Crippen LogP contribution in [0.2, 0.25) is 0 Å². The number of likely N-dealkylation sites (tertiary alicyclic amines) is 2. The maximum Gasteiger partial charge on any atom is 0.191 e. The molecular weight excluding hydrogens is 469 g/mol. The molecule has 0 atom stereocenters. The van der Waals surface area contributed by atoms with Crippen molar-refractivity contribution in [3.63, 3.8) is 0 Å². The van der Waals surface area contributed by atoms with Crippen LogP contribution < -0.4 is 10.6 Å². The highest BCUT2D eigenvalue weighted by molar-refractivity contribution is 14.0. The summed E-state index contributed by atoms with van der Waals surface area (Å²) in [7, 11) is 1.77. The van der Waals surface area contributed by atoms with Crippen LogP contribution in [-0.4, -0.2) is 99.1 Å². The number of ether oxygens (including phenoxy) is 1. The van der Waals surface area contributed by atoms with Gasteiger partial charge in [-0.3, -0.25) is 4.99 Å². The summed E-state index contributed by atoms with van der Waals surface area (Å²) in [6, 6.07) is 0.519. The molecule has 0 aromatic carbocycles. The van der Waals surface area contributed by atoms with Gasteiger partial charge in [0.1, 0.15) is 0 Å². The highest BCUT2D eigenvalue weighted by Crippen LogP contribution is 2.11. The van der Waals surface area contributed by atoms with Crippen molar-refractivity contribution in [1.29, 1.82) is 0 Å². The van der Waals surface area contributed by atoms with Crippen LogP contribution in [0, 0.1) is 0 Å². The zero-order valence-electron chi connectivity index (χ0n) is 17.9. The Labute approximate surface area is 188 Å². The van der Waals surface area contributed by atoms with Crippen LogP contribution in [0.25, 0.3) is 0 Å². The summed E-state index contributed by atoms with van der Waals surface area (Å²) >= 11 is 0. The first-order valence-electron chi connectivity index (χ1n) is 10.9. The first kappa shape index (κ1) is 25.9. The van der Waals surface area contributed by atoms with Crippen molar-refractivity contribution in [2.75, 3.05) is 66.1 Å². The SMILES string of the molecule is CCNC(=NCCCN1CCC(O)CC1)NC1CCN(CCCOC)CC1.I. The quantitative estimate of drug-likeness (QED) is 0.179. The number of rotatable bonds is 10. The van der Waals surface area contributed by atoms with Gasteiger partial charge in [0.25, 0.3) is 0 Å². The molecule has 8 heteroatoms. The van der Waals surface area contributed by atoms with Crippen molar-refractivity contribution < 1.29 is 9.84 Å². The third-order valence-corrected chi connectivity index (χ3v) is 5.55. The van der Waals surface area contributed by atoms with Gasteiger partial charge in [-0.2, -0.15) is 0 Å². The van der Waals surface area contributed by atoms with Crippen LogP contribution in [0.4, 0.5) is 0 Å². The monoisotopic (exact) mass is 511 g/mol. The summed E-state index contributed by atoms with van der Waals surface area (Å²) < 4.78 is 5.15. The molecule has 0 saturated carbocycles. The average Bonchev–Trinajstić information content (AvgIpc) is 2.68. The predicted molar refractivity (Wildman–Crippen MR) is 127 cm³/mol. The Balaban J connectivity index is 0.00000392. The van der Waals surface area contributed by atoms with Crippen LogP contribution in [0.5, 0.6) is 0 Å². The highest BCUT2D eigenvalue weighted by Gasteiger charge is 2.20. The Bertz CT molecular complexity index is 411. The van der Waals surface area contributed by atoms with Crippen LogP contribution in [0.1, 0.15) is 45.4 Å². The van der Waals surface area contributed by atoms with E-state index in [1.807, 2.05) is 0 Å². The summed E-state index contributed by atoms with van der Waals surface area (Å²) in [6.07, 6.45) is 6.28. The third-order valence-electron chi connectivity index (χ3n) is 5.55. The average molecular weight is 511 g/mol. The number of aliphatic imine (C=N–C) groups is 1. The summed E-state index contributed by atoms with van der Waals surface area (Å²) in [5, 5.41) is 16.6. The highest BCUT2D eigenvalue weighted by atomic mass is 127. The van der Waals surface area contributed by atoms with Crippen LogP contribution in [-0.2, 0) is 4.74 Å². The molecule has 0 radical (unpaired) electrons. The molecule has 0 spiro atoms. The van der Waals surface area contributed by atoms with Crippen LogP contribution >= 0.6 is 24.0 Å². The van der Waals surface area contributed by atoms with E-state index >= 15 is 0 Å². The minimum atomic E-state index is -0.0878. The lowest BCUT2D eigenvalue weighted by Gasteiger charge is -2.33. The Morgan fingerprint density at radius 1 is 1.04 bits per heavy atom. The maximum atomic E-state index is 9.58. The fourth-order valence-electron chi connectivity index (χ4n) is 3.87. The number of piperidine rings is 2. The topological polar surface area (TPSA) is 72.4 Å². The first-order valence-corrected chi connectivity index (χ1v) is 10.9. The molecule has 0 aliphatic carbocycles. The standard InChI is InChI=1S/C20H41N5O2.HI/c1-3-21-20(22-10-4-11-24-15-8-19(26)9-16-24)23-18-6-13-25(14-7-18)12-5-17-27-2;/h18-19,26H,3-17H2,1-2H3,(H2,21,22,23);1H. The largest absolute Gasteiger partial charge is 0.393 e. The Morgan fingerprint density at radius 2 is 1.64 bits per heavy atom. The van der Waals surface area contributed by atoms with E-state index in [-0.39, 0.29) is 30.1 Å². The molecule has 2 aliphatic rings. The maximum absolute atomic E-state index is 9.58. The number of hydrogen-bond donors (Lipinski definition) is 3. The number of methoxy groups -OCH3 is 1. The van der Waals surface area contributed by atoms with Crippen molar-refractivity contribution in [3.8, 4) is 0 Å². The lowest BCUT2D eigenvalue weighted by Crippen LogP contribution is -2.49. The summed E-state index contributed by atoms with van der Waals surface area (Å²) in [6.45, 7) is 11.3. The van der Waals surface area contributed by atoms with E-state index in [0.717, 1.165) is 90.6 Å². The van der Waals surface area contributed by atoms with Crippen molar-refractivity contribution >= 4 is 29.9 Å². The van der Waals surface area contributed by atoms with Gasteiger partial charge >= 0.3 is 0 Å². The first-order chi connectivity index (χ1) is 13.2. The lowest BCUT2D eigenvalue weighted by atomic mass is 10.1. The molecule has 7 nitrogen and oxygen atoms in total. The molecule has 0 bridgehead atoms. The summed E-state index contributed by atoms with van der Waals surface area (Å²) in [5.74, 6) is 0.962. The van der Waals surface area contributed by atoms with E-state index in [0.29, 0.717) is 6.04 Å². The summed E-state index contributed by atoms with van der Waals surface area (Å²) in [5.41, 5.74) is 0. The Hall–Kier alpha value is -0.160. The van der Waals surface area contributed by atoms with Gasteiger partial charge in [-0.1, -0.05) is 0 Å². The number of nitrogens with zero attached hydrogens (tertiary/aromatic N) is 3. The van der Waals surface area contributed by atoms with E-state index in [1.54, 1.807) is 7.11 Å². The molecule has 2 aliphatic heterocycles. The third kappa shape index (κ3) is 10.6. The molecule has 0 amide bonds. The predicted octanol–water partition coefficient (Wildman–Crippen LogP) is 1.51. The molecular formula is C20H42IN5O2. The molecule has 2 rings (SSSR count). The summed E-state index contributed by atoms with van der Waals surface area (Å²) in [4.78, 5) is 9.76. The second-order valence-corrected chi connectivity index (χ2v) is 7.79. The smallest absolute Gasteiger partial charge is 0.191 e. The van der Waals surface area contributed by atoms with Crippen molar-refractivity contribution in [2.45, 2.75) is 57.6 Å². The van der Waals surface area contributed by atoms with Crippen LogP contribution in [0.15, 0.2) is 4.99 Å². The second-order valence-electron chi connectivity index (χ2n) is 7.79. The van der Waals surface area contributed by atoms with Gasteiger partial charge in [0.15, 0.2) is 5.96 Å².